The Morgan fingerprint density at radius 1 is 1.26 bits per heavy atom. The molecule has 1 aromatic rings. The fourth-order valence-corrected chi connectivity index (χ4v) is 2.04. The smallest absolute Gasteiger partial charge is 0.357 e. The van der Waals surface area contributed by atoms with Crippen molar-refractivity contribution in [3.63, 3.8) is 0 Å². The van der Waals surface area contributed by atoms with Crippen molar-refractivity contribution in [1.29, 1.82) is 0 Å². The highest BCUT2D eigenvalue weighted by Gasteiger charge is 2.22. The molecule has 6 heteroatoms. The zero-order chi connectivity index (χ0) is 21.0. The van der Waals surface area contributed by atoms with Crippen molar-refractivity contribution in [3.8, 4) is 0 Å². The van der Waals surface area contributed by atoms with Gasteiger partial charge in [-0.2, -0.15) is 0 Å². The van der Waals surface area contributed by atoms with Crippen LogP contribution < -0.4 is 5.32 Å². The molecule has 0 spiro atoms. The molecule has 0 atom stereocenters. The highest BCUT2D eigenvalue weighted by atomic mass is 16.5. The second-order valence-corrected chi connectivity index (χ2v) is 5.19. The van der Waals surface area contributed by atoms with Gasteiger partial charge in [0.05, 0.1) is 7.11 Å². The van der Waals surface area contributed by atoms with Gasteiger partial charge in [0, 0.05) is 17.7 Å². The number of carbonyl (C=O) groups excluding carboxylic acids is 3. The molecule has 1 N–H and O–H groups in total. The molecule has 0 bridgehead atoms. The van der Waals surface area contributed by atoms with E-state index in [0.29, 0.717) is 17.7 Å². The van der Waals surface area contributed by atoms with Gasteiger partial charge < -0.3 is 10.1 Å². The van der Waals surface area contributed by atoms with Crippen LogP contribution in [0.15, 0.2) is 43.0 Å². The largest absolute Gasteiger partial charge is 0.464 e. The van der Waals surface area contributed by atoms with Crippen LogP contribution in [0.25, 0.3) is 5.57 Å². The summed E-state index contributed by atoms with van der Waals surface area (Å²) in [4.78, 5) is 40.1. The predicted octanol–water partition coefficient (Wildman–Crippen LogP) is 3.75. The number of methoxy groups -OCH3 is 1. The van der Waals surface area contributed by atoms with Gasteiger partial charge in [0.25, 0.3) is 5.91 Å². The van der Waals surface area contributed by atoms with Crippen LogP contribution >= 0.6 is 0 Å². The van der Waals surface area contributed by atoms with Crippen molar-refractivity contribution < 1.29 is 19.1 Å². The van der Waals surface area contributed by atoms with E-state index in [1.165, 1.54) is 26.2 Å². The number of nitrogens with zero attached hydrogens (tertiary/aromatic N) is 1. The van der Waals surface area contributed by atoms with Crippen LogP contribution in [0, 0.1) is 0 Å². The molecule has 1 rings (SSSR count). The number of nitrogens with one attached hydrogen (secondary N) is 1. The van der Waals surface area contributed by atoms with Gasteiger partial charge >= 0.3 is 5.97 Å². The number of allylic oxidation sites excluding steroid dienone is 4. The van der Waals surface area contributed by atoms with E-state index < -0.39 is 11.9 Å². The molecular weight excluding hydrogens is 344 g/mol. The topological polar surface area (TPSA) is 85.4 Å². The standard InChI is InChI=1S/C19H22N2O4.C2H6/c1-6-8-14(12(3)13(4)22)15-9-10-16(18(23)20-11-7-2)21-17(15)19(24)25-5;1-2/h6,8-10H,1,3,7,11H2,2,4-5H3,(H,20,23);1-2H3/b14-8+;. The van der Waals surface area contributed by atoms with Gasteiger partial charge in [0.15, 0.2) is 11.5 Å². The lowest BCUT2D eigenvalue weighted by molar-refractivity contribution is -0.113. The summed E-state index contributed by atoms with van der Waals surface area (Å²) in [6.45, 7) is 15.2. The minimum Gasteiger partial charge on any atom is -0.464 e. The van der Waals surface area contributed by atoms with E-state index in [1.807, 2.05) is 20.8 Å². The first kappa shape index (κ1) is 24.0. The Labute approximate surface area is 161 Å². The highest BCUT2D eigenvalue weighted by molar-refractivity contribution is 6.11. The molecule has 0 aromatic carbocycles. The fraction of sp³-hybridized carbons (Fsp3) is 0.333. The molecule has 1 aromatic heterocycles. The number of ether oxygens (including phenoxy) is 1. The first-order valence-corrected chi connectivity index (χ1v) is 8.78. The molecular formula is C21H28N2O4. The molecule has 0 aliphatic heterocycles. The van der Waals surface area contributed by atoms with Gasteiger partial charge in [-0.05, 0) is 31.1 Å². The second kappa shape index (κ2) is 12.4. The van der Waals surface area contributed by atoms with Crippen molar-refractivity contribution in [2.45, 2.75) is 34.1 Å². The first-order valence-electron chi connectivity index (χ1n) is 8.78. The van der Waals surface area contributed by atoms with E-state index in [4.69, 9.17) is 4.74 Å². The lowest BCUT2D eigenvalue weighted by atomic mass is 9.94. The Morgan fingerprint density at radius 2 is 1.89 bits per heavy atom. The fourth-order valence-electron chi connectivity index (χ4n) is 2.04. The summed E-state index contributed by atoms with van der Waals surface area (Å²) in [5.74, 6) is -1.36. The van der Waals surface area contributed by atoms with Gasteiger partial charge in [-0.1, -0.05) is 46.1 Å². The van der Waals surface area contributed by atoms with Crippen LogP contribution in [-0.4, -0.2) is 36.3 Å². The third kappa shape index (κ3) is 6.66. The Kier molecular flexibility index (Phi) is 11.0. The minimum atomic E-state index is -0.716. The van der Waals surface area contributed by atoms with Crippen LogP contribution in [0.3, 0.4) is 0 Å². The Morgan fingerprint density at radius 3 is 2.37 bits per heavy atom. The Balaban J connectivity index is 0.00000326. The van der Waals surface area contributed by atoms with E-state index in [0.717, 1.165) is 6.42 Å². The first-order chi connectivity index (χ1) is 12.9. The molecule has 0 aliphatic carbocycles. The van der Waals surface area contributed by atoms with E-state index in [2.05, 4.69) is 23.5 Å². The lowest BCUT2D eigenvalue weighted by Gasteiger charge is -2.13. The summed E-state index contributed by atoms with van der Waals surface area (Å²) < 4.78 is 4.76. The molecule has 1 amide bonds. The summed E-state index contributed by atoms with van der Waals surface area (Å²) in [6.07, 6.45) is 3.81. The zero-order valence-corrected chi connectivity index (χ0v) is 16.7. The number of carbonyl (C=O) groups is 3. The molecule has 0 fully saturated rings. The molecule has 0 unspecified atom stereocenters. The summed E-state index contributed by atoms with van der Waals surface area (Å²) in [5, 5.41) is 2.69. The number of hydrogen-bond donors (Lipinski definition) is 1. The van der Waals surface area contributed by atoms with Gasteiger partial charge in [-0.3, -0.25) is 9.59 Å². The maximum Gasteiger partial charge on any atom is 0.357 e. The summed E-state index contributed by atoms with van der Waals surface area (Å²) >= 11 is 0. The maximum absolute atomic E-state index is 12.1. The van der Waals surface area contributed by atoms with E-state index in [9.17, 15) is 14.4 Å². The summed E-state index contributed by atoms with van der Waals surface area (Å²) in [7, 11) is 1.22. The van der Waals surface area contributed by atoms with Crippen molar-refractivity contribution in [1.82, 2.24) is 10.3 Å². The normalized spacial score (nSPS) is 10.2. The van der Waals surface area contributed by atoms with Crippen LogP contribution in [0.5, 0.6) is 0 Å². The van der Waals surface area contributed by atoms with Gasteiger partial charge in [-0.15, -0.1) is 0 Å². The quantitative estimate of drug-likeness (QED) is 0.427. The second-order valence-electron chi connectivity index (χ2n) is 5.19. The van der Waals surface area contributed by atoms with E-state index in [-0.39, 0.29) is 22.7 Å². The number of esters is 1. The summed E-state index contributed by atoms with van der Waals surface area (Å²) in [5.41, 5.74) is 0.969. The molecule has 0 saturated carbocycles. The third-order valence-electron chi connectivity index (χ3n) is 3.37. The predicted molar refractivity (Wildman–Crippen MR) is 108 cm³/mol. The van der Waals surface area contributed by atoms with Gasteiger partial charge in [0.2, 0.25) is 0 Å². The Bertz CT molecular complexity index is 749. The lowest BCUT2D eigenvalue weighted by Crippen LogP contribution is -2.26. The van der Waals surface area contributed by atoms with Crippen molar-refractivity contribution in [3.05, 3.63) is 60.0 Å². The zero-order valence-electron chi connectivity index (χ0n) is 16.7. The number of Topliss-reactive ketones (excluding diaryl/α,β-unsaturated/α-hetero) is 1. The average molecular weight is 372 g/mol. The van der Waals surface area contributed by atoms with Crippen molar-refractivity contribution >= 4 is 23.2 Å². The monoisotopic (exact) mass is 372 g/mol. The van der Waals surface area contributed by atoms with Crippen LogP contribution in [0.2, 0.25) is 0 Å². The minimum absolute atomic E-state index is 0.0675. The van der Waals surface area contributed by atoms with E-state index in [1.54, 1.807) is 12.1 Å². The number of aromatic nitrogens is 1. The molecule has 0 radical (unpaired) electrons. The Hall–Kier alpha value is -3.02. The molecule has 6 nitrogen and oxygen atoms in total. The van der Waals surface area contributed by atoms with E-state index >= 15 is 0 Å². The average Bonchev–Trinajstić information content (AvgIpc) is 2.70. The highest BCUT2D eigenvalue weighted by Crippen LogP contribution is 2.26. The van der Waals surface area contributed by atoms with Crippen molar-refractivity contribution in [2.24, 2.45) is 0 Å². The SMILES string of the molecule is C=C/C=C(\C(=C)C(C)=O)c1ccc(C(=O)NCCC)nc1C(=O)OC.CC. The third-order valence-corrected chi connectivity index (χ3v) is 3.37. The van der Waals surface area contributed by atoms with Crippen LogP contribution in [-0.2, 0) is 9.53 Å². The molecule has 1 heterocycles. The number of ketones is 1. The number of pyridine rings is 1. The summed E-state index contributed by atoms with van der Waals surface area (Å²) in [6, 6.07) is 3.03. The number of amides is 1. The van der Waals surface area contributed by atoms with Gasteiger partial charge in [-0.25, -0.2) is 9.78 Å². The van der Waals surface area contributed by atoms with Gasteiger partial charge in [0.1, 0.15) is 5.69 Å². The molecule has 146 valence electrons. The molecule has 0 saturated heterocycles. The number of hydrogen-bond acceptors (Lipinski definition) is 5. The maximum atomic E-state index is 12.1. The van der Waals surface area contributed by atoms with Crippen LogP contribution in [0.4, 0.5) is 0 Å². The molecule has 0 aliphatic rings. The molecule has 27 heavy (non-hydrogen) atoms. The number of rotatable bonds is 8. The van der Waals surface area contributed by atoms with Crippen molar-refractivity contribution in [2.75, 3.05) is 13.7 Å². The van der Waals surface area contributed by atoms with Crippen LogP contribution in [0.1, 0.15) is 60.7 Å².